The zero-order valence-corrected chi connectivity index (χ0v) is 24.4. The molecule has 0 aliphatic carbocycles. The van der Waals surface area contributed by atoms with Gasteiger partial charge in [-0.3, -0.25) is 20.2 Å². The summed E-state index contributed by atoms with van der Waals surface area (Å²) in [7, 11) is -9.22. The van der Waals surface area contributed by atoms with Gasteiger partial charge in [0.2, 0.25) is 0 Å². The molecule has 0 aliphatic heterocycles. The Labute approximate surface area is 255 Å². The third-order valence-electron chi connectivity index (χ3n) is 6.28. The largest absolute Gasteiger partial charge is 0.350 e. The van der Waals surface area contributed by atoms with E-state index in [2.05, 4.69) is 0 Å². The second kappa shape index (κ2) is 12.4. The van der Waals surface area contributed by atoms with Gasteiger partial charge in [-0.2, -0.15) is 8.61 Å². The van der Waals surface area contributed by atoms with Crippen molar-refractivity contribution in [3.05, 3.63) is 128 Å². The number of nitrogens with zero attached hydrogens (tertiary/aromatic N) is 4. The maximum atomic E-state index is 13.2. The number of urea groups is 2. The number of primary amides is 2. The zero-order valence-electron chi connectivity index (χ0n) is 22.8. The highest BCUT2D eigenvalue weighted by molar-refractivity contribution is 7.94. The third kappa shape index (κ3) is 6.71. The first-order valence-electron chi connectivity index (χ1n) is 12.5. The molecular formula is C27H22N6O10S2. The second-order valence-corrected chi connectivity index (χ2v) is 12.8. The van der Waals surface area contributed by atoms with E-state index in [9.17, 15) is 46.7 Å². The third-order valence-corrected chi connectivity index (χ3v) is 9.73. The summed E-state index contributed by atoms with van der Waals surface area (Å²) >= 11 is 0. The first kappa shape index (κ1) is 32.0. The Balaban J connectivity index is 1.57. The van der Waals surface area contributed by atoms with Gasteiger partial charge in [0.25, 0.3) is 31.4 Å². The molecule has 4 amide bonds. The van der Waals surface area contributed by atoms with Gasteiger partial charge >= 0.3 is 12.1 Å². The molecule has 0 fully saturated rings. The van der Waals surface area contributed by atoms with Crippen LogP contribution in [0.1, 0.15) is 11.1 Å². The fraction of sp³-hybridized carbons (Fsp3) is 0.0370. The van der Waals surface area contributed by atoms with E-state index in [-0.39, 0.29) is 17.8 Å². The number of sulfonamides is 2. The van der Waals surface area contributed by atoms with Gasteiger partial charge in [0.15, 0.2) is 0 Å². The predicted octanol–water partition coefficient (Wildman–Crippen LogP) is 3.64. The molecule has 0 atom stereocenters. The molecule has 4 aromatic carbocycles. The summed E-state index contributed by atoms with van der Waals surface area (Å²) in [6.45, 7) is 0. The molecule has 0 spiro atoms. The Hall–Kier alpha value is -5.88. The van der Waals surface area contributed by atoms with Crippen molar-refractivity contribution in [2.75, 3.05) is 8.61 Å². The molecule has 0 bridgehead atoms. The summed E-state index contributed by atoms with van der Waals surface area (Å²) in [6, 6.07) is 16.9. The number of carbonyl (C=O) groups is 2. The van der Waals surface area contributed by atoms with Crippen molar-refractivity contribution >= 4 is 54.9 Å². The normalized spacial score (nSPS) is 11.4. The van der Waals surface area contributed by atoms with Crippen molar-refractivity contribution < 1.29 is 36.3 Å². The standard InChI is InChI=1S/C27H22N6O10S2/c28-26(34)30(44(40,41)24-5-1-3-22(16-24)32(36)37)20-11-7-18(8-12-20)15-19-9-13-21(14-10-19)31(27(29)35)45(42,43)25-6-2-4-23(17-25)33(38)39/h1-14,16-17H,15H2,(H2,28,34)(H2,29,35). The van der Waals surface area contributed by atoms with E-state index in [0.29, 0.717) is 19.7 Å². The van der Waals surface area contributed by atoms with Crippen LogP contribution in [0.15, 0.2) is 107 Å². The first-order chi connectivity index (χ1) is 21.1. The molecule has 0 saturated carbocycles. The van der Waals surface area contributed by atoms with Crippen LogP contribution in [-0.2, 0) is 26.5 Å². The van der Waals surface area contributed by atoms with Crippen molar-refractivity contribution in [2.45, 2.75) is 16.2 Å². The van der Waals surface area contributed by atoms with Crippen LogP contribution >= 0.6 is 0 Å². The molecule has 0 unspecified atom stereocenters. The van der Waals surface area contributed by atoms with Crippen molar-refractivity contribution in [2.24, 2.45) is 11.5 Å². The Morgan fingerprint density at radius 3 is 1.22 bits per heavy atom. The molecule has 0 saturated heterocycles. The number of non-ortho nitro benzene ring substituents is 2. The highest BCUT2D eigenvalue weighted by atomic mass is 32.2. The molecule has 16 nitrogen and oxygen atoms in total. The van der Waals surface area contributed by atoms with Crippen molar-refractivity contribution in [1.29, 1.82) is 0 Å². The fourth-order valence-electron chi connectivity index (χ4n) is 4.23. The smallest absolute Gasteiger partial charge is 0.333 e. The molecule has 4 aromatic rings. The van der Waals surface area contributed by atoms with Crippen LogP contribution in [-0.4, -0.2) is 38.7 Å². The summed E-state index contributed by atoms with van der Waals surface area (Å²) in [5, 5.41) is 22.2. The van der Waals surface area contributed by atoms with E-state index < -0.39 is 63.1 Å². The van der Waals surface area contributed by atoms with Gasteiger partial charge in [0.05, 0.1) is 31.0 Å². The molecule has 0 aromatic heterocycles. The van der Waals surface area contributed by atoms with Gasteiger partial charge in [-0.15, -0.1) is 0 Å². The number of anilines is 2. The number of hydrogen-bond acceptors (Lipinski definition) is 10. The van der Waals surface area contributed by atoms with Gasteiger partial charge in [0.1, 0.15) is 0 Å². The van der Waals surface area contributed by atoms with Crippen LogP contribution in [0.4, 0.5) is 32.3 Å². The molecule has 4 rings (SSSR count). The van der Waals surface area contributed by atoms with Crippen LogP contribution in [0, 0.1) is 20.2 Å². The Bertz CT molecular complexity index is 1890. The fourth-order valence-corrected chi connectivity index (χ4v) is 6.96. The Kier molecular flexibility index (Phi) is 8.82. The number of hydrogen-bond donors (Lipinski definition) is 2. The lowest BCUT2D eigenvalue weighted by molar-refractivity contribution is -0.385. The SMILES string of the molecule is NC(=O)N(c1ccc(Cc2ccc(N(C(N)=O)S(=O)(=O)c3cccc([N+](=O)[O-])c3)cc2)cc1)S(=O)(=O)c1cccc([N+](=O)[O-])c1. The van der Waals surface area contributed by atoms with Gasteiger partial charge in [0, 0.05) is 24.3 Å². The van der Waals surface area contributed by atoms with Crippen LogP contribution in [0.3, 0.4) is 0 Å². The average Bonchev–Trinajstić information content (AvgIpc) is 2.98. The average molecular weight is 655 g/mol. The second-order valence-electron chi connectivity index (χ2n) is 9.23. The molecule has 0 aliphatic rings. The zero-order chi connectivity index (χ0) is 33.1. The summed E-state index contributed by atoms with van der Waals surface area (Å²) in [6.07, 6.45) is 0.239. The summed E-state index contributed by atoms with van der Waals surface area (Å²) in [5.74, 6) is 0. The Morgan fingerprint density at radius 2 is 0.933 bits per heavy atom. The Morgan fingerprint density at radius 1 is 0.600 bits per heavy atom. The summed E-state index contributed by atoms with van der Waals surface area (Å²) in [4.78, 5) is 44.0. The first-order valence-corrected chi connectivity index (χ1v) is 15.4. The molecule has 0 heterocycles. The number of benzene rings is 4. The molecule has 4 N–H and O–H groups in total. The molecule has 232 valence electrons. The van der Waals surface area contributed by atoms with Gasteiger partial charge in [-0.25, -0.2) is 26.4 Å². The van der Waals surface area contributed by atoms with E-state index in [1.807, 2.05) is 0 Å². The number of nitrogens with two attached hydrogens (primary N) is 2. The summed E-state index contributed by atoms with van der Waals surface area (Å²) < 4.78 is 53.3. The highest BCUT2D eigenvalue weighted by Crippen LogP contribution is 2.29. The number of nitro benzene ring substituents is 2. The number of amides is 4. The lowest BCUT2D eigenvalue weighted by Gasteiger charge is -2.21. The predicted molar refractivity (Wildman–Crippen MR) is 160 cm³/mol. The lowest BCUT2D eigenvalue weighted by atomic mass is 10.0. The molecule has 18 heteroatoms. The van der Waals surface area contributed by atoms with Gasteiger partial charge < -0.3 is 11.5 Å². The van der Waals surface area contributed by atoms with E-state index in [1.165, 1.54) is 48.5 Å². The summed E-state index contributed by atoms with van der Waals surface area (Å²) in [5.41, 5.74) is 10.7. The van der Waals surface area contributed by atoms with E-state index >= 15 is 0 Å². The van der Waals surface area contributed by atoms with Crippen LogP contribution < -0.4 is 20.1 Å². The van der Waals surface area contributed by atoms with Crippen LogP contribution in [0.25, 0.3) is 0 Å². The lowest BCUT2D eigenvalue weighted by Crippen LogP contribution is -2.40. The molecular weight excluding hydrogens is 632 g/mol. The van der Waals surface area contributed by atoms with Gasteiger partial charge in [-0.05, 0) is 53.9 Å². The minimum absolute atomic E-state index is 0.128. The molecule has 45 heavy (non-hydrogen) atoms. The van der Waals surface area contributed by atoms with Crippen molar-refractivity contribution in [1.82, 2.24) is 0 Å². The van der Waals surface area contributed by atoms with Crippen LogP contribution in [0.2, 0.25) is 0 Å². The maximum absolute atomic E-state index is 13.2. The monoisotopic (exact) mass is 654 g/mol. The topological polar surface area (TPSA) is 247 Å². The van der Waals surface area contributed by atoms with Crippen molar-refractivity contribution in [3.8, 4) is 0 Å². The van der Waals surface area contributed by atoms with E-state index in [4.69, 9.17) is 11.5 Å². The number of carbonyl (C=O) groups excluding carboxylic acids is 2. The van der Waals surface area contributed by atoms with E-state index in [1.54, 1.807) is 0 Å². The molecule has 0 radical (unpaired) electrons. The highest BCUT2D eigenvalue weighted by Gasteiger charge is 2.32. The van der Waals surface area contributed by atoms with Crippen LogP contribution in [0.5, 0.6) is 0 Å². The minimum Gasteiger partial charge on any atom is -0.350 e. The number of rotatable bonds is 10. The maximum Gasteiger partial charge on any atom is 0.333 e. The number of nitro groups is 2. The van der Waals surface area contributed by atoms with E-state index in [0.717, 1.165) is 48.5 Å². The minimum atomic E-state index is -4.61. The van der Waals surface area contributed by atoms with Gasteiger partial charge in [-0.1, -0.05) is 36.4 Å². The quantitative estimate of drug-likeness (QED) is 0.185. The van der Waals surface area contributed by atoms with Crippen molar-refractivity contribution in [3.63, 3.8) is 0 Å².